The highest BCUT2D eigenvalue weighted by molar-refractivity contribution is 6.08. The summed E-state index contributed by atoms with van der Waals surface area (Å²) in [5, 5.41) is 5.62. The number of urea groups is 1. The molecule has 1 aliphatic carbocycles. The molecule has 0 unspecified atom stereocenters. The van der Waals surface area contributed by atoms with E-state index in [-0.39, 0.29) is 30.8 Å². The molecule has 0 aromatic heterocycles. The third kappa shape index (κ3) is 7.45. The first-order chi connectivity index (χ1) is 19.2. The predicted octanol–water partition coefficient (Wildman–Crippen LogP) is 5.54. The standard InChI is InChI=1S/C32H42N4O5/c1-31(2,3)27(37)20-36-26-17-10-9-16-25(26)35(23-14-7-8-15-23)19-24(28(36)38)34-30(40)33-22-13-11-12-21(18-22)29(39)41-32(4,5)6/h9-13,16-18,23-24H,7-8,14-15,19-20H2,1-6H3,(H2,33,34,40)/t24-/m1/s1. The Morgan fingerprint density at radius 2 is 1.59 bits per heavy atom. The SMILES string of the molecule is CC(C)(C)OC(=O)c1cccc(NC(=O)N[C@@H]2CN(C3CCCC3)c3ccccc3N(CC(=O)C(C)(C)C)C2=O)c1. The van der Waals surface area contributed by atoms with E-state index in [0.717, 1.165) is 31.4 Å². The van der Waals surface area contributed by atoms with Gasteiger partial charge in [0.15, 0.2) is 5.78 Å². The van der Waals surface area contributed by atoms with Crippen molar-refractivity contribution in [3.63, 3.8) is 0 Å². The number of Topliss-reactive ketones (excluding diaryl/α,β-unsaturated/α-hetero) is 1. The van der Waals surface area contributed by atoms with Crippen LogP contribution in [-0.4, -0.2) is 54.5 Å². The monoisotopic (exact) mass is 562 g/mol. The van der Waals surface area contributed by atoms with Crippen molar-refractivity contribution in [1.29, 1.82) is 0 Å². The number of carbonyl (C=O) groups is 4. The minimum Gasteiger partial charge on any atom is -0.456 e. The molecule has 1 atom stereocenters. The summed E-state index contributed by atoms with van der Waals surface area (Å²) in [7, 11) is 0. The van der Waals surface area contributed by atoms with Crippen LogP contribution < -0.4 is 20.4 Å². The molecule has 2 aliphatic rings. The number of nitrogens with zero attached hydrogens (tertiary/aromatic N) is 2. The maximum Gasteiger partial charge on any atom is 0.338 e. The zero-order chi connectivity index (χ0) is 29.9. The molecular formula is C32H42N4O5. The fourth-order valence-electron chi connectivity index (χ4n) is 5.21. The maximum atomic E-state index is 14.0. The van der Waals surface area contributed by atoms with Crippen molar-refractivity contribution in [2.24, 2.45) is 5.41 Å². The van der Waals surface area contributed by atoms with Crippen LogP contribution in [0, 0.1) is 5.41 Å². The van der Waals surface area contributed by atoms with Crippen LogP contribution in [0.4, 0.5) is 21.9 Å². The Morgan fingerprint density at radius 1 is 0.927 bits per heavy atom. The van der Waals surface area contributed by atoms with Gasteiger partial charge in [-0.2, -0.15) is 0 Å². The van der Waals surface area contributed by atoms with Gasteiger partial charge in [-0.25, -0.2) is 9.59 Å². The molecule has 220 valence electrons. The lowest BCUT2D eigenvalue weighted by atomic mass is 9.90. The molecule has 2 aromatic rings. The Kier molecular flexibility index (Phi) is 8.75. The van der Waals surface area contributed by atoms with Crippen molar-refractivity contribution in [3.8, 4) is 0 Å². The normalized spacial score (nSPS) is 18.0. The Morgan fingerprint density at radius 3 is 2.22 bits per heavy atom. The van der Waals surface area contributed by atoms with Crippen LogP contribution in [0.1, 0.15) is 77.6 Å². The highest BCUT2D eigenvalue weighted by atomic mass is 16.6. The molecule has 4 rings (SSSR count). The maximum absolute atomic E-state index is 14.0. The van der Waals surface area contributed by atoms with Crippen molar-refractivity contribution in [2.75, 3.05) is 28.2 Å². The van der Waals surface area contributed by atoms with Crippen molar-refractivity contribution in [3.05, 3.63) is 54.1 Å². The van der Waals surface area contributed by atoms with Gasteiger partial charge in [0.1, 0.15) is 11.6 Å². The van der Waals surface area contributed by atoms with Gasteiger partial charge in [-0.05, 0) is 63.9 Å². The number of anilines is 3. The predicted molar refractivity (Wildman–Crippen MR) is 160 cm³/mol. The fourth-order valence-corrected chi connectivity index (χ4v) is 5.21. The van der Waals surface area contributed by atoms with Gasteiger partial charge in [0.05, 0.1) is 23.5 Å². The number of nitrogens with one attached hydrogen (secondary N) is 2. The van der Waals surface area contributed by atoms with E-state index in [1.165, 1.54) is 11.0 Å². The molecule has 9 nitrogen and oxygen atoms in total. The highest BCUT2D eigenvalue weighted by Crippen LogP contribution is 2.38. The molecular weight excluding hydrogens is 520 g/mol. The summed E-state index contributed by atoms with van der Waals surface area (Å²) in [6.45, 7) is 11.1. The largest absolute Gasteiger partial charge is 0.456 e. The van der Waals surface area contributed by atoms with Crippen LogP contribution in [0.3, 0.4) is 0 Å². The highest BCUT2D eigenvalue weighted by Gasteiger charge is 2.39. The number of fused-ring (bicyclic) bond motifs is 1. The minimum atomic E-state index is -0.898. The number of hydrogen-bond acceptors (Lipinski definition) is 6. The van der Waals surface area contributed by atoms with Crippen LogP contribution in [0.5, 0.6) is 0 Å². The Hall–Kier alpha value is -3.88. The van der Waals surface area contributed by atoms with E-state index in [1.807, 2.05) is 45.0 Å². The number of ether oxygens (including phenoxy) is 1. The molecule has 1 saturated carbocycles. The van der Waals surface area contributed by atoms with Crippen LogP contribution >= 0.6 is 0 Å². The van der Waals surface area contributed by atoms with E-state index in [0.29, 0.717) is 16.9 Å². The van der Waals surface area contributed by atoms with Gasteiger partial charge in [-0.15, -0.1) is 0 Å². The van der Waals surface area contributed by atoms with E-state index in [1.54, 1.807) is 39.0 Å². The first kappa shape index (κ1) is 30.1. The first-order valence-corrected chi connectivity index (χ1v) is 14.3. The third-order valence-electron chi connectivity index (χ3n) is 7.39. The topological polar surface area (TPSA) is 108 Å². The average molecular weight is 563 g/mol. The molecule has 0 spiro atoms. The van der Waals surface area contributed by atoms with Gasteiger partial charge in [-0.3, -0.25) is 9.59 Å². The van der Waals surface area contributed by atoms with Gasteiger partial charge in [0, 0.05) is 23.7 Å². The number of benzene rings is 2. The second-order valence-electron chi connectivity index (χ2n) is 12.9. The zero-order valence-corrected chi connectivity index (χ0v) is 25.0. The van der Waals surface area contributed by atoms with E-state index < -0.39 is 29.1 Å². The summed E-state index contributed by atoms with van der Waals surface area (Å²) in [5.41, 5.74) is 0.981. The summed E-state index contributed by atoms with van der Waals surface area (Å²) >= 11 is 0. The van der Waals surface area contributed by atoms with E-state index in [9.17, 15) is 19.2 Å². The van der Waals surface area contributed by atoms with Gasteiger partial charge in [0.2, 0.25) is 0 Å². The zero-order valence-electron chi connectivity index (χ0n) is 25.0. The minimum absolute atomic E-state index is 0.0721. The second kappa shape index (κ2) is 11.9. The lowest BCUT2D eigenvalue weighted by Gasteiger charge is -2.32. The Balaban J connectivity index is 1.60. The van der Waals surface area contributed by atoms with Gasteiger partial charge in [-0.1, -0.05) is 51.8 Å². The Bertz CT molecular complexity index is 1300. The molecule has 0 bridgehead atoms. The molecule has 2 aromatic carbocycles. The van der Waals surface area contributed by atoms with E-state index >= 15 is 0 Å². The molecule has 0 radical (unpaired) electrons. The van der Waals surface area contributed by atoms with Crippen LogP contribution in [0.15, 0.2) is 48.5 Å². The number of esters is 1. The Labute approximate surface area is 242 Å². The number of rotatable bonds is 6. The summed E-state index contributed by atoms with van der Waals surface area (Å²) in [5.74, 6) is -0.907. The lowest BCUT2D eigenvalue weighted by Crippen LogP contribution is -2.55. The van der Waals surface area contributed by atoms with Crippen molar-refractivity contribution in [1.82, 2.24) is 5.32 Å². The molecule has 9 heteroatoms. The van der Waals surface area contributed by atoms with Gasteiger partial charge in [0.25, 0.3) is 5.91 Å². The van der Waals surface area contributed by atoms with E-state index in [4.69, 9.17) is 4.74 Å². The average Bonchev–Trinajstić information content (AvgIpc) is 3.39. The number of hydrogen-bond donors (Lipinski definition) is 2. The first-order valence-electron chi connectivity index (χ1n) is 14.3. The number of ketones is 1. The summed E-state index contributed by atoms with van der Waals surface area (Å²) in [4.78, 5) is 56.7. The quantitative estimate of drug-likeness (QED) is 0.448. The smallest absolute Gasteiger partial charge is 0.338 e. The summed E-state index contributed by atoms with van der Waals surface area (Å²) in [6, 6.07) is 12.9. The fraction of sp³-hybridized carbons (Fsp3) is 0.500. The molecule has 1 heterocycles. The van der Waals surface area contributed by atoms with Gasteiger partial charge < -0.3 is 25.2 Å². The van der Waals surface area contributed by atoms with Gasteiger partial charge >= 0.3 is 12.0 Å². The summed E-state index contributed by atoms with van der Waals surface area (Å²) in [6.07, 6.45) is 4.21. The third-order valence-corrected chi connectivity index (χ3v) is 7.39. The van der Waals surface area contributed by atoms with E-state index in [2.05, 4.69) is 15.5 Å². The molecule has 1 fully saturated rings. The molecule has 3 amide bonds. The number of amides is 3. The molecule has 0 saturated heterocycles. The lowest BCUT2D eigenvalue weighted by molar-refractivity contribution is -0.127. The number of carbonyl (C=O) groups excluding carboxylic acids is 4. The molecule has 41 heavy (non-hydrogen) atoms. The van der Waals surface area contributed by atoms with Crippen LogP contribution in [0.25, 0.3) is 0 Å². The molecule has 2 N–H and O–H groups in total. The van der Waals surface area contributed by atoms with Crippen LogP contribution in [0.2, 0.25) is 0 Å². The van der Waals surface area contributed by atoms with Crippen molar-refractivity contribution in [2.45, 2.75) is 84.9 Å². The molecule has 1 aliphatic heterocycles. The van der Waals surface area contributed by atoms with Crippen LogP contribution in [-0.2, 0) is 14.3 Å². The second-order valence-corrected chi connectivity index (χ2v) is 12.9. The number of para-hydroxylation sites is 2. The van der Waals surface area contributed by atoms with Crippen molar-refractivity contribution < 1.29 is 23.9 Å². The van der Waals surface area contributed by atoms with Crippen molar-refractivity contribution >= 4 is 40.8 Å². The summed E-state index contributed by atoms with van der Waals surface area (Å²) < 4.78 is 5.44.